The van der Waals surface area contributed by atoms with Gasteiger partial charge in [-0.05, 0) is 31.0 Å². The molecule has 0 spiro atoms. The normalized spacial score (nSPS) is 17.8. The van der Waals surface area contributed by atoms with E-state index < -0.39 is 17.3 Å². The molecule has 1 aromatic rings. The van der Waals surface area contributed by atoms with Gasteiger partial charge < -0.3 is 4.74 Å². The van der Waals surface area contributed by atoms with Crippen LogP contribution in [0, 0.1) is 0 Å². The minimum atomic E-state index is -4.45. The Morgan fingerprint density at radius 1 is 1.26 bits per heavy atom. The van der Waals surface area contributed by atoms with E-state index in [1.165, 1.54) is 6.07 Å². The Labute approximate surface area is 109 Å². The third-order valence-electron chi connectivity index (χ3n) is 3.71. The maximum atomic E-state index is 12.6. The number of ketones is 1. The largest absolute Gasteiger partial charge is 0.486 e. The predicted octanol–water partition coefficient (Wildman–Crippen LogP) is 4.23. The molecular formula is C14H15F3O2. The average Bonchev–Trinajstić information content (AvgIpc) is 2.37. The molecule has 2 nitrogen and oxygen atoms in total. The minimum absolute atomic E-state index is 0.0346. The predicted molar refractivity (Wildman–Crippen MR) is 64.3 cm³/mol. The Hall–Kier alpha value is -1.52. The Morgan fingerprint density at radius 3 is 2.42 bits per heavy atom. The highest BCUT2D eigenvalue weighted by atomic mass is 19.4. The van der Waals surface area contributed by atoms with Crippen LogP contribution >= 0.6 is 0 Å². The SMILES string of the molecule is CCC1(CC)CC(=O)c2cc(C(F)(F)F)ccc2O1. The number of ether oxygens (including phenoxy) is 1. The molecule has 1 aromatic carbocycles. The topological polar surface area (TPSA) is 26.3 Å². The smallest absolute Gasteiger partial charge is 0.416 e. The van der Waals surface area contributed by atoms with Gasteiger partial charge in [0.15, 0.2) is 5.78 Å². The van der Waals surface area contributed by atoms with Gasteiger partial charge in [-0.3, -0.25) is 4.79 Å². The standard InChI is InChI=1S/C14H15F3O2/c1-3-13(4-2)8-11(18)10-7-9(14(15,16)17)5-6-12(10)19-13/h5-7H,3-4,8H2,1-2H3. The number of carbonyl (C=O) groups excluding carboxylic acids is 1. The van der Waals surface area contributed by atoms with Gasteiger partial charge in [0.05, 0.1) is 17.5 Å². The Balaban J connectivity index is 2.44. The molecular weight excluding hydrogens is 257 g/mol. The summed E-state index contributed by atoms with van der Waals surface area (Å²) in [7, 11) is 0. The first-order chi connectivity index (χ1) is 8.81. The van der Waals surface area contributed by atoms with Gasteiger partial charge in [-0.2, -0.15) is 13.2 Å². The molecule has 0 aliphatic carbocycles. The lowest BCUT2D eigenvalue weighted by atomic mass is 9.85. The van der Waals surface area contributed by atoms with E-state index in [-0.39, 0.29) is 23.5 Å². The van der Waals surface area contributed by atoms with Crippen LogP contribution in [0.1, 0.15) is 49.0 Å². The van der Waals surface area contributed by atoms with Crippen LogP contribution in [0.2, 0.25) is 0 Å². The second-order valence-corrected chi connectivity index (χ2v) is 4.80. The summed E-state index contributed by atoms with van der Waals surface area (Å²) in [5, 5.41) is 0. The van der Waals surface area contributed by atoms with Crippen molar-refractivity contribution >= 4 is 5.78 Å². The number of benzene rings is 1. The fourth-order valence-corrected chi connectivity index (χ4v) is 2.31. The summed E-state index contributed by atoms with van der Waals surface area (Å²) in [5.74, 6) is -0.0241. The summed E-state index contributed by atoms with van der Waals surface area (Å²) in [6.45, 7) is 3.82. The van der Waals surface area contributed by atoms with E-state index in [1.807, 2.05) is 13.8 Å². The number of halogens is 3. The van der Waals surface area contributed by atoms with Crippen molar-refractivity contribution in [3.05, 3.63) is 29.3 Å². The summed E-state index contributed by atoms with van der Waals surface area (Å²) < 4.78 is 43.6. The van der Waals surface area contributed by atoms with Crippen LogP contribution in [0.4, 0.5) is 13.2 Å². The quantitative estimate of drug-likeness (QED) is 0.805. The van der Waals surface area contributed by atoms with Gasteiger partial charge in [0.1, 0.15) is 11.4 Å². The summed E-state index contributed by atoms with van der Waals surface area (Å²) >= 11 is 0. The number of hydrogen-bond acceptors (Lipinski definition) is 2. The van der Waals surface area contributed by atoms with E-state index in [2.05, 4.69) is 0 Å². The molecule has 0 saturated heterocycles. The lowest BCUT2D eigenvalue weighted by Gasteiger charge is -2.36. The van der Waals surface area contributed by atoms with E-state index in [0.717, 1.165) is 12.1 Å². The van der Waals surface area contributed by atoms with Crippen molar-refractivity contribution in [3.63, 3.8) is 0 Å². The zero-order chi connectivity index (χ0) is 14.3. The van der Waals surface area contributed by atoms with Crippen molar-refractivity contribution in [3.8, 4) is 5.75 Å². The Bertz CT molecular complexity index is 502. The second-order valence-electron chi connectivity index (χ2n) is 4.80. The fraction of sp³-hybridized carbons (Fsp3) is 0.500. The average molecular weight is 272 g/mol. The number of alkyl halides is 3. The fourth-order valence-electron chi connectivity index (χ4n) is 2.31. The van der Waals surface area contributed by atoms with Crippen molar-refractivity contribution in [2.24, 2.45) is 0 Å². The van der Waals surface area contributed by atoms with E-state index >= 15 is 0 Å². The maximum Gasteiger partial charge on any atom is 0.416 e. The van der Waals surface area contributed by atoms with E-state index in [0.29, 0.717) is 12.8 Å². The molecule has 0 aromatic heterocycles. The van der Waals surface area contributed by atoms with Crippen LogP contribution in [0.25, 0.3) is 0 Å². The molecule has 5 heteroatoms. The molecule has 0 fully saturated rings. The molecule has 1 aliphatic rings. The van der Waals surface area contributed by atoms with Crippen LogP contribution in [0.3, 0.4) is 0 Å². The summed E-state index contributed by atoms with van der Waals surface area (Å²) in [6.07, 6.45) is -3.01. The Kier molecular flexibility index (Phi) is 3.32. The highest BCUT2D eigenvalue weighted by Crippen LogP contribution is 2.40. The first-order valence-corrected chi connectivity index (χ1v) is 6.25. The van der Waals surface area contributed by atoms with Crippen LogP contribution < -0.4 is 4.74 Å². The molecule has 0 atom stereocenters. The summed E-state index contributed by atoms with van der Waals surface area (Å²) in [6, 6.07) is 3.08. The van der Waals surface area contributed by atoms with Crippen LogP contribution in [0.5, 0.6) is 5.75 Å². The number of carbonyl (C=O) groups is 1. The molecule has 0 radical (unpaired) electrons. The van der Waals surface area contributed by atoms with Gasteiger partial charge >= 0.3 is 6.18 Å². The zero-order valence-corrected chi connectivity index (χ0v) is 10.8. The lowest BCUT2D eigenvalue weighted by molar-refractivity contribution is -0.137. The highest BCUT2D eigenvalue weighted by molar-refractivity contribution is 6.00. The van der Waals surface area contributed by atoms with E-state index in [9.17, 15) is 18.0 Å². The van der Waals surface area contributed by atoms with Crippen LogP contribution in [-0.4, -0.2) is 11.4 Å². The van der Waals surface area contributed by atoms with Crippen LogP contribution in [0.15, 0.2) is 18.2 Å². The molecule has 0 bridgehead atoms. The molecule has 0 unspecified atom stereocenters. The molecule has 0 N–H and O–H groups in total. The molecule has 0 amide bonds. The van der Waals surface area contributed by atoms with Crippen molar-refractivity contribution in [2.45, 2.75) is 44.9 Å². The molecule has 1 heterocycles. The third-order valence-corrected chi connectivity index (χ3v) is 3.71. The highest BCUT2D eigenvalue weighted by Gasteiger charge is 2.39. The molecule has 2 rings (SSSR count). The number of Topliss-reactive ketones (excluding diaryl/α,β-unsaturated/α-hetero) is 1. The summed E-state index contributed by atoms with van der Waals surface area (Å²) in [4.78, 5) is 12.1. The van der Waals surface area contributed by atoms with Gasteiger partial charge in [-0.25, -0.2) is 0 Å². The van der Waals surface area contributed by atoms with Gasteiger partial charge in [0.2, 0.25) is 0 Å². The van der Waals surface area contributed by atoms with E-state index in [4.69, 9.17) is 4.74 Å². The first-order valence-electron chi connectivity index (χ1n) is 6.25. The monoisotopic (exact) mass is 272 g/mol. The van der Waals surface area contributed by atoms with Crippen molar-refractivity contribution in [2.75, 3.05) is 0 Å². The third kappa shape index (κ3) is 2.46. The number of rotatable bonds is 2. The molecule has 1 aliphatic heterocycles. The minimum Gasteiger partial charge on any atom is -0.486 e. The number of hydrogen-bond donors (Lipinski definition) is 0. The van der Waals surface area contributed by atoms with Crippen LogP contribution in [-0.2, 0) is 6.18 Å². The van der Waals surface area contributed by atoms with Gasteiger partial charge in [-0.1, -0.05) is 13.8 Å². The van der Waals surface area contributed by atoms with Crippen molar-refractivity contribution in [1.29, 1.82) is 0 Å². The number of fused-ring (bicyclic) bond motifs is 1. The second kappa shape index (κ2) is 4.54. The van der Waals surface area contributed by atoms with Crippen molar-refractivity contribution < 1.29 is 22.7 Å². The van der Waals surface area contributed by atoms with Gasteiger partial charge in [0, 0.05) is 0 Å². The molecule has 0 saturated carbocycles. The van der Waals surface area contributed by atoms with E-state index in [1.54, 1.807) is 0 Å². The summed E-state index contributed by atoms with van der Waals surface area (Å²) in [5.41, 5.74) is -1.36. The van der Waals surface area contributed by atoms with Gasteiger partial charge in [-0.15, -0.1) is 0 Å². The first kappa shape index (κ1) is 13.9. The van der Waals surface area contributed by atoms with Gasteiger partial charge in [0.25, 0.3) is 0 Å². The maximum absolute atomic E-state index is 12.6. The molecule has 19 heavy (non-hydrogen) atoms. The lowest BCUT2D eigenvalue weighted by Crippen LogP contribution is -2.41. The Morgan fingerprint density at radius 2 is 1.89 bits per heavy atom. The zero-order valence-electron chi connectivity index (χ0n) is 10.8. The van der Waals surface area contributed by atoms with Crippen molar-refractivity contribution in [1.82, 2.24) is 0 Å². The molecule has 104 valence electrons.